The number of rotatable bonds is 5. The van der Waals surface area contributed by atoms with Crippen LogP contribution in [-0.4, -0.2) is 6.61 Å². The molecule has 2 rings (SSSR count). The monoisotopic (exact) mass is 481 g/mol. The van der Waals surface area contributed by atoms with Gasteiger partial charge in [-0.2, -0.15) is 0 Å². The Morgan fingerprint density at radius 2 is 2.00 bits per heavy atom. The Morgan fingerprint density at radius 3 is 2.55 bits per heavy atom. The molecule has 0 saturated heterocycles. The van der Waals surface area contributed by atoms with Crippen LogP contribution in [0.1, 0.15) is 30.5 Å². The molecule has 6 heteroatoms. The molecule has 1 aromatic carbocycles. The summed E-state index contributed by atoms with van der Waals surface area (Å²) in [6, 6.07) is 7.88. The third-order valence-corrected chi connectivity index (χ3v) is 5.80. The highest BCUT2D eigenvalue weighted by Gasteiger charge is 2.16. The van der Waals surface area contributed by atoms with E-state index in [4.69, 9.17) is 10.5 Å². The van der Waals surface area contributed by atoms with Gasteiger partial charge in [-0.15, -0.1) is 11.3 Å². The molecular weight excluding hydrogens is 470 g/mol. The van der Waals surface area contributed by atoms with E-state index in [0.29, 0.717) is 6.61 Å². The third kappa shape index (κ3) is 3.85. The summed E-state index contributed by atoms with van der Waals surface area (Å²) >= 11 is 12.2. The lowest BCUT2D eigenvalue weighted by molar-refractivity contribution is 0.315. The normalized spacial score (nSPS) is 12.4. The van der Waals surface area contributed by atoms with Crippen molar-refractivity contribution in [1.82, 2.24) is 0 Å². The van der Waals surface area contributed by atoms with E-state index >= 15 is 0 Å². The van der Waals surface area contributed by atoms with Crippen LogP contribution in [0.4, 0.5) is 0 Å². The molecule has 1 atom stereocenters. The van der Waals surface area contributed by atoms with Crippen molar-refractivity contribution in [3.63, 3.8) is 0 Å². The first-order valence-electron chi connectivity index (χ1n) is 6.15. The minimum absolute atomic E-state index is 0.163. The van der Waals surface area contributed by atoms with Gasteiger partial charge in [0.15, 0.2) is 0 Å². The molecule has 0 bridgehead atoms. The molecule has 2 nitrogen and oxygen atoms in total. The maximum atomic E-state index is 6.34. The topological polar surface area (TPSA) is 35.2 Å². The fourth-order valence-corrected chi connectivity index (χ4v) is 5.22. The highest BCUT2D eigenvalue weighted by Crippen LogP contribution is 2.38. The highest BCUT2D eigenvalue weighted by atomic mass is 79.9. The summed E-state index contributed by atoms with van der Waals surface area (Å²) in [5.41, 5.74) is 8.47. The van der Waals surface area contributed by atoms with E-state index in [1.807, 2.05) is 18.2 Å². The first-order chi connectivity index (χ1) is 9.52. The zero-order valence-electron chi connectivity index (χ0n) is 10.8. The maximum Gasteiger partial charge on any atom is 0.133 e. The molecule has 0 amide bonds. The van der Waals surface area contributed by atoms with Crippen molar-refractivity contribution in [3.8, 4) is 5.75 Å². The van der Waals surface area contributed by atoms with Gasteiger partial charge in [0.1, 0.15) is 5.75 Å². The Morgan fingerprint density at radius 1 is 1.25 bits per heavy atom. The summed E-state index contributed by atoms with van der Waals surface area (Å²) in [4.78, 5) is 0. The molecule has 0 radical (unpaired) electrons. The van der Waals surface area contributed by atoms with E-state index in [1.165, 1.54) is 0 Å². The van der Waals surface area contributed by atoms with Gasteiger partial charge < -0.3 is 10.5 Å². The van der Waals surface area contributed by atoms with Gasteiger partial charge in [0, 0.05) is 0 Å². The number of halogens is 3. The SMILES string of the molecule is CCCOc1ccc(C(N)c2cc(Br)sc2Br)cc1Br. The Kier molecular flexibility index (Phi) is 6.10. The zero-order chi connectivity index (χ0) is 14.7. The molecular formula is C14H14Br3NOS. The van der Waals surface area contributed by atoms with Crippen molar-refractivity contribution >= 4 is 59.1 Å². The quantitative estimate of drug-likeness (QED) is 0.577. The average Bonchev–Trinajstić information content (AvgIpc) is 2.75. The van der Waals surface area contributed by atoms with E-state index in [1.54, 1.807) is 11.3 Å². The molecule has 0 aliphatic carbocycles. The van der Waals surface area contributed by atoms with Crippen molar-refractivity contribution in [2.45, 2.75) is 19.4 Å². The molecule has 20 heavy (non-hydrogen) atoms. The molecule has 108 valence electrons. The predicted octanol–water partition coefficient (Wildman–Crippen LogP) is 5.87. The van der Waals surface area contributed by atoms with Crippen molar-refractivity contribution in [2.24, 2.45) is 5.73 Å². The van der Waals surface area contributed by atoms with Crippen LogP contribution in [0.15, 0.2) is 36.3 Å². The molecule has 2 aromatic rings. The summed E-state index contributed by atoms with van der Waals surface area (Å²) < 4.78 is 8.71. The van der Waals surface area contributed by atoms with E-state index in [9.17, 15) is 0 Å². The summed E-state index contributed by atoms with van der Waals surface area (Å²) in [6.07, 6.45) is 0.990. The summed E-state index contributed by atoms with van der Waals surface area (Å²) in [6.45, 7) is 2.80. The molecule has 0 spiro atoms. The second kappa shape index (κ2) is 7.40. The number of hydrogen-bond acceptors (Lipinski definition) is 3. The molecule has 1 heterocycles. The summed E-state index contributed by atoms with van der Waals surface area (Å²) in [7, 11) is 0. The van der Waals surface area contributed by atoms with Gasteiger partial charge in [0.05, 0.1) is 24.7 Å². The van der Waals surface area contributed by atoms with Gasteiger partial charge in [-0.25, -0.2) is 0 Å². The van der Waals surface area contributed by atoms with Crippen LogP contribution in [0.2, 0.25) is 0 Å². The maximum absolute atomic E-state index is 6.34. The van der Waals surface area contributed by atoms with Gasteiger partial charge in [0.25, 0.3) is 0 Å². The van der Waals surface area contributed by atoms with Crippen LogP contribution in [0.3, 0.4) is 0 Å². The zero-order valence-corrected chi connectivity index (χ0v) is 16.4. The standard InChI is InChI=1S/C14H14Br3NOS/c1-2-5-19-11-4-3-8(6-10(11)15)13(18)9-7-12(16)20-14(9)17/h3-4,6-7,13H,2,5,18H2,1H3. The van der Waals surface area contributed by atoms with Gasteiger partial charge in [-0.1, -0.05) is 13.0 Å². The molecule has 0 aliphatic rings. The third-order valence-electron chi connectivity index (χ3n) is 2.79. The molecule has 1 unspecified atom stereocenters. The Hall–Kier alpha value is 0.120. The minimum Gasteiger partial charge on any atom is -0.492 e. The van der Waals surface area contributed by atoms with Gasteiger partial charge >= 0.3 is 0 Å². The minimum atomic E-state index is -0.163. The van der Waals surface area contributed by atoms with E-state index in [-0.39, 0.29) is 6.04 Å². The van der Waals surface area contributed by atoms with Crippen molar-refractivity contribution in [1.29, 1.82) is 0 Å². The lowest BCUT2D eigenvalue weighted by Gasteiger charge is -2.14. The smallest absolute Gasteiger partial charge is 0.133 e. The van der Waals surface area contributed by atoms with E-state index in [2.05, 4.69) is 60.8 Å². The first-order valence-corrected chi connectivity index (χ1v) is 9.35. The summed E-state index contributed by atoms with van der Waals surface area (Å²) in [5.74, 6) is 0.855. The van der Waals surface area contributed by atoms with Gasteiger partial charge in [-0.3, -0.25) is 0 Å². The number of ether oxygens (including phenoxy) is 1. The van der Waals surface area contributed by atoms with Crippen LogP contribution in [0, 0.1) is 0 Å². The Labute approximate surface area is 148 Å². The molecule has 0 saturated carbocycles. The van der Waals surface area contributed by atoms with Crippen LogP contribution in [0.25, 0.3) is 0 Å². The largest absolute Gasteiger partial charge is 0.492 e. The number of hydrogen-bond donors (Lipinski definition) is 1. The van der Waals surface area contributed by atoms with Gasteiger partial charge in [0.2, 0.25) is 0 Å². The first kappa shape index (κ1) is 16.5. The molecule has 1 aromatic heterocycles. The van der Waals surface area contributed by atoms with Crippen LogP contribution < -0.4 is 10.5 Å². The van der Waals surface area contributed by atoms with Gasteiger partial charge in [-0.05, 0) is 83.5 Å². The second-order valence-corrected chi connectivity index (χ2v) is 8.90. The van der Waals surface area contributed by atoms with E-state index < -0.39 is 0 Å². The van der Waals surface area contributed by atoms with Crippen molar-refractivity contribution < 1.29 is 4.74 Å². The highest BCUT2D eigenvalue weighted by molar-refractivity contribution is 9.12. The average molecular weight is 484 g/mol. The lowest BCUT2D eigenvalue weighted by Crippen LogP contribution is -2.11. The Balaban J connectivity index is 2.25. The molecule has 2 N–H and O–H groups in total. The van der Waals surface area contributed by atoms with Crippen LogP contribution in [0.5, 0.6) is 5.75 Å². The van der Waals surface area contributed by atoms with Crippen molar-refractivity contribution in [2.75, 3.05) is 6.61 Å². The van der Waals surface area contributed by atoms with E-state index in [0.717, 1.165) is 35.3 Å². The molecule has 0 aliphatic heterocycles. The second-order valence-electron chi connectivity index (χ2n) is 4.30. The number of benzene rings is 1. The van der Waals surface area contributed by atoms with Crippen LogP contribution >= 0.6 is 59.1 Å². The van der Waals surface area contributed by atoms with Crippen LogP contribution in [-0.2, 0) is 0 Å². The Bertz CT molecular complexity index is 600. The summed E-state index contributed by atoms with van der Waals surface area (Å²) in [5, 5.41) is 0. The number of thiophene rings is 1. The van der Waals surface area contributed by atoms with Crippen molar-refractivity contribution in [3.05, 3.63) is 47.4 Å². The number of nitrogens with two attached hydrogens (primary N) is 1. The fourth-order valence-electron chi connectivity index (χ4n) is 1.78. The predicted molar refractivity (Wildman–Crippen MR) is 95.7 cm³/mol. The fraction of sp³-hybridized carbons (Fsp3) is 0.286. The molecule has 0 fully saturated rings. The lowest BCUT2D eigenvalue weighted by atomic mass is 10.0.